The van der Waals surface area contributed by atoms with Gasteiger partial charge in [0.1, 0.15) is 11.3 Å². The van der Waals surface area contributed by atoms with Crippen LogP contribution in [-0.4, -0.2) is 32.6 Å². The van der Waals surface area contributed by atoms with E-state index in [9.17, 15) is 9.90 Å². The molecule has 3 aromatic heterocycles. The summed E-state index contributed by atoms with van der Waals surface area (Å²) in [6.45, 7) is 3.48. The first-order valence-corrected chi connectivity index (χ1v) is 12.5. The van der Waals surface area contributed by atoms with Crippen LogP contribution in [0.25, 0.3) is 21.7 Å². The topological polar surface area (TPSA) is 90.4 Å². The predicted molar refractivity (Wildman–Crippen MR) is 125 cm³/mol. The molecule has 4 heterocycles. The average molecular weight is 470 g/mol. The smallest absolute Gasteiger partial charge is 0.336 e. The number of phenolic OH excluding ortho intramolecular Hbond substituents is 1. The van der Waals surface area contributed by atoms with E-state index in [4.69, 9.17) is 9.15 Å². The van der Waals surface area contributed by atoms with E-state index in [1.165, 1.54) is 23.9 Å². The molecule has 1 N–H and O–H groups in total. The lowest BCUT2D eigenvalue weighted by molar-refractivity contribution is 0.0953. The van der Waals surface area contributed by atoms with E-state index >= 15 is 0 Å². The summed E-state index contributed by atoms with van der Waals surface area (Å²) in [6.07, 6.45) is 2.94. The van der Waals surface area contributed by atoms with Crippen molar-refractivity contribution in [1.29, 1.82) is 0 Å². The van der Waals surface area contributed by atoms with Gasteiger partial charge in [-0.05, 0) is 47.9 Å². The first kappa shape index (κ1) is 21.2. The van der Waals surface area contributed by atoms with Gasteiger partial charge in [0.2, 0.25) is 0 Å². The van der Waals surface area contributed by atoms with Crippen molar-refractivity contribution in [3.8, 4) is 16.5 Å². The highest BCUT2D eigenvalue weighted by Crippen LogP contribution is 2.33. The minimum atomic E-state index is -0.433. The molecule has 7 nitrogen and oxygen atoms in total. The SMILES string of the molecule is CCc1cc2c(CSc3nnc(-c4cccs4)n3CC3CCCO3)cc(=O)oc2cc1O. The molecule has 0 radical (unpaired) electrons. The van der Waals surface area contributed by atoms with Gasteiger partial charge < -0.3 is 14.3 Å². The molecule has 1 saturated heterocycles. The van der Waals surface area contributed by atoms with E-state index in [-0.39, 0.29) is 11.9 Å². The summed E-state index contributed by atoms with van der Waals surface area (Å²) < 4.78 is 13.3. The van der Waals surface area contributed by atoms with E-state index < -0.39 is 5.63 Å². The summed E-state index contributed by atoms with van der Waals surface area (Å²) in [5, 5.41) is 22.7. The van der Waals surface area contributed by atoms with E-state index in [0.717, 1.165) is 51.8 Å². The number of phenols is 1. The van der Waals surface area contributed by atoms with Gasteiger partial charge in [0.05, 0.1) is 17.5 Å². The van der Waals surface area contributed by atoms with Crippen LogP contribution in [0.15, 0.2) is 50.1 Å². The molecule has 32 heavy (non-hydrogen) atoms. The lowest BCUT2D eigenvalue weighted by Gasteiger charge is -2.14. The fraction of sp³-hybridized carbons (Fsp3) is 0.348. The molecule has 0 amide bonds. The molecule has 1 unspecified atom stereocenters. The van der Waals surface area contributed by atoms with Crippen LogP contribution in [0.5, 0.6) is 5.75 Å². The maximum atomic E-state index is 12.1. The van der Waals surface area contributed by atoms with E-state index in [1.807, 2.05) is 30.5 Å². The second-order valence-corrected chi connectivity index (χ2v) is 9.63. The zero-order chi connectivity index (χ0) is 22.1. The second kappa shape index (κ2) is 9.09. The van der Waals surface area contributed by atoms with Crippen molar-refractivity contribution in [2.24, 2.45) is 0 Å². The van der Waals surface area contributed by atoms with Crippen LogP contribution in [-0.2, 0) is 23.5 Å². The molecule has 0 bridgehead atoms. The van der Waals surface area contributed by atoms with Crippen LogP contribution in [0.1, 0.15) is 30.9 Å². The lowest BCUT2D eigenvalue weighted by atomic mass is 10.1. The largest absolute Gasteiger partial charge is 0.508 e. The Kier molecular flexibility index (Phi) is 6.03. The summed E-state index contributed by atoms with van der Waals surface area (Å²) in [7, 11) is 0. The Hall–Kier alpha value is -2.62. The second-order valence-electron chi connectivity index (χ2n) is 7.74. The van der Waals surface area contributed by atoms with Crippen molar-refractivity contribution < 1.29 is 14.3 Å². The normalized spacial score (nSPS) is 16.2. The Morgan fingerprint density at radius 1 is 1.28 bits per heavy atom. The van der Waals surface area contributed by atoms with E-state index in [1.54, 1.807) is 11.3 Å². The Bertz CT molecular complexity index is 1290. The van der Waals surface area contributed by atoms with Crippen LogP contribution < -0.4 is 5.63 Å². The first-order chi connectivity index (χ1) is 15.6. The zero-order valence-corrected chi connectivity index (χ0v) is 19.2. The summed E-state index contributed by atoms with van der Waals surface area (Å²) in [6, 6.07) is 9.00. The zero-order valence-electron chi connectivity index (χ0n) is 17.6. The van der Waals surface area contributed by atoms with Gasteiger partial charge in [-0.25, -0.2) is 4.79 Å². The van der Waals surface area contributed by atoms with Crippen LogP contribution in [0, 0.1) is 0 Å². The predicted octanol–water partition coefficient (Wildman–Crippen LogP) is 4.85. The number of aryl methyl sites for hydroxylation is 1. The van der Waals surface area contributed by atoms with Gasteiger partial charge in [-0.3, -0.25) is 4.57 Å². The van der Waals surface area contributed by atoms with Gasteiger partial charge in [-0.15, -0.1) is 21.5 Å². The van der Waals surface area contributed by atoms with Crippen molar-refractivity contribution in [3.05, 3.63) is 57.3 Å². The molecule has 1 aromatic carbocycles. The van der Waals surface area contributed by atoms with Crippen LogP contribution in [0.3, 0.4) is 0 Å². The van der Waals surface area contributed by atoms with Crippen LogP contribution in [0.4, 0.5) is 0 Å². The number of hydrogen-bond donors (Lipinski definition) is 1. The third-order valence-electron chi connectivity index (χ3n) is 5.64. The lowest BCUT2D eigenvalue weighted by Crippen LogP contribution is -2.16. The van der Waals surface area contributed by atoms with Gasteiger partial charge in [-0.2, -0.15) is 0 Å². The number of fused-ring (bicyclic) bond motifs is 1. The van der Waals surface area contributed by atoms with E-state index in [2.05, 4.69) is 14.8 Å². The van der Waals surface area contributed by atoms with Crippen molar-refractivity contribution >= 4 is 34.1 Å². The fourth-order valence-electron chi connectivity index (χ4n) is 3.99. The molecule has 0 spiro atoms. The molecule has 5 rings (SSSR count). The molecular weight excluding hydrogens is 446 g/mol. The van der Waals surface area contributed by atoms with Crippen LogP contribution >= 0.6 is 23.1 Å². The number of hydrogen-bond acceptors (Lipinski definition) is 8. The molecule has 0 saturated carbocycles. The monoisotopic (exact) mass is 469 g/mol. The quantitative estimate of drug-likeness (QED) is 0.306. The molecule has 1 aliphatic heterocycles. The maximum absolute atomic E-state index is 12.1. The van der Waals surface area contributed by atoms with Crippen molar-refractivity contribution in [3.63, 3.8) is 0 Å². The highest BCUT2D eigenvalue weighted by atomic mass is 32.2. The summed E-state index contributed by atoms with van der Waals surface area (Å²) in [4.78, 5) is 13.2. The highest BCUT2D eigenvalue weighted by Gasteiger charge is 2.22. The van der Waals surface area contributed by atoms with Gasteiger partial charge in [-0.1, -0.05) is 24.8 Å². The van der Waals surface area contributed by atoms with Crippen molar-refractivity contribution in [2.75, 3.05) is 6.61 Å². The van der Waals surface area contributed by atoms with Gasteiger partial charge in [0.25, 0.3) is 0 Å². The molecule has 4 aromatic rings. The third kappa shape index (κ3) is 4.20. The first-order valence-electron chi connectivity index (χ1n) is 10.6. The number of ether oxygens (including phenoxy) is 1. The van der Waals surface area contributed by atoms with Gasteiger partial charge >= 0.3 is 5.63 Å². The van der Waals surface area contributed by atoms with Gasteiger partial charge in [0.15, 0.2) is 11.0 Å². The minimum Gasteiger partial charge on any atom is -0.508 e. The van der Waals surface area contributed by atoms with Gasteiger partial charge in [0, 0.05) is 29.9 Å². The third-order valence-corrected chi connectivity index (χ3v) is 7.52. The summed E-state index contributed by atoms with van der Waals surface area (Å²) >= 11 is 3.17. The number of aromatic nitrogens is 3. The minimum absolute atomic E-state index is 0.143. The highest BCUT2D eigenvalue weighted by molar-refractivity contribution is 7.98. The van der Waals surface area contributed by atoms with E-state index in [0.29, 0.717) is 24.3 Å². The number of thiophene rings is 1. The summed E-state index contributed by atoms with van der Waals surface area (Å²) in [5.74, 6) is 1.52. The van der Waals surface area contributed by atoms with Crippen LogP contribution in [0.2, 0.25) is 0 Å². The Balaban J connectivity index is 1.48. The Labute approximate surface area is 193 Å². The fourth-order valence-corrected chi connectivity index (χ4v) is 5.65. The Morgan fingerprint density at radius 2 is 2.19 bits per heavy atom. The number of aromatic hydroxyl groups is 1. The number of nitrogens with zero attached hydrogens (tertiary/aromatic N) is 3. The number of rotatable bonds is 7. The van der Waals surface area contributed by atoms with Crippen molar-refractivity contribution in [2.45, 2.75) is 49.7 Å². The standard InChI is InChI=1S/C23H23N3O4S2/c1-2-14-9-17-15(10-21(28)30-19(17)11-18(14)27)13-32-23-25-24-22(20-6-4-8-31-20)26(23)12-16-5-3-7-29-16/h4,6,8-11,16,27H,2-3,5,7,12-13H2,1H3. The maximum Gasteiger partial charge on any atom is 0.336 e. The molecular formula is C23H23N3O4S2. The molecule has 1 aliphatic rings. The van der Waals surface area contributed by atoms with Crippen molar-refractivity contribution in [1.82, 2.24) is 14.8 Å². The number of benzene rings is 1. The number of thioether (sulfide) groups is 1. The molecule has 9 heteroatoms. The molecule has 0 aliphatic carbocycles. The Morgan fingerprint density at radius 3 is 2.94 bits per heavy atom. The molecule has 166 valence electrons. The molecule has 1 atom stereocenters. The summed E-state index contributed by atoms with van der Waals surface area (Å²) in [5.41, 5.74) is 1.62. The molecule has 1 fully saturated rings. The average Bonchev–Trinajstić information content (AvgIpc) is 3.54.